The van der Waals surface area contributed by atoms with Crippen LogP contribution in [0.1, 0.15) is 42.4 Å². The molecule has 0 N–H and O–H groups in total. The number of benzene rings is 3. The van der Waals surface area contributed by atoms with Crippen molar-refractivity contribution in [1.29, 1.82) is 0 Å². The SMILES string of the molecule is CCC(=O)N(CC[C@@H](c1ccc2c(c1)OCO2)c1ccccc1OC)Cc1ccc(OC)c(OC)c1. The largest absolute Gasteiger partial charge is 0.496 e. The zero-order valence-electron chi connectivity index (χ0n) is 21.3. The number of fused-ring (bicyclic) bond motifs is 1. The molecular formula is C29H33NO6. The maximum Gasteiger partial charge on any atom is 0.231 e. The van der Waals surface area contributed by atoms with Crippen molar-refractivity contribution in [3.05, 3.63) is 77.4 Å². The van der Waals surface area contributed by atoms with Crippen molar-refractivity contribution in [2.45, 2.75) is 32.2 Å². The molecule has 1 amide bonds. The van der Waals surface area contributed by atoms with Crippen molar-refractivity contribution in [3.8, 4) is 28.7 Å². The van der Waals surface area contributed by atoms with Gasteiger partial charge in [0.25, 0.3) is 0 Å². The maximum absolute atomic E-state index is 13.0. The normalized spacial score (nSPS) is 12.7. The van der Waals surface area contributed by atoms with Crippen LogP contribution in [0.5, 0.6) is 28.7 Å². The minimum atomic E-state index is -0.00629. The van der Waals surface area contributed by atoms with Gasteiger partial charge >= 0.3 is 0 Å². The summed E-state index contributed by atoms with van der Waals surface area (Å²) in [4.78, 5) is 14.9. The molecule has 0 aliphatic carbocycles. The fourth-order valence-electron chi connectivity index (χ4n) is 4.59. The van der Waals surface area contributed by atoms with Crippen molar-refractivity contribution in [1.82, 2.24) is 4.90 Å². The second-order valence-electron chi connectivity index (χ2n) is 8.55. The Bertz CT molecular complexity index is 1190. The van der Waals surface area contributed by atoms with Gasteiger partial charge in [-0.15, -0.1) is 0 Å². The van der Waals surface area contributed by atoms with E-state index in [1.165, 1.54) is 0 Å². The summed E-state index contributed by atoms with van der Waals surface area (Å²) in [6.45, 7) is 3.16. The standard InChI is InChI=1S/C29H33NO6/c1-5-29(31)30(18-20-10-12-25(33-3)27(16-20)34-4)15-14-22(23-8-6-7-9-24(23)32-2)21-11-13-26-28(17-21)36-19-35-26/h6-13,16-17,22H,5,14-15,18-19H2,1-4H3/t22-/m0/s1. The van der Waals surface area contributed by atoms with Crippen LogP contribution >= 0.6 is 0 Å². The highest BCUT2D eigenvalue weighted by atomic mass is 16.7. The number of para-hydroxylation sites is 1. The van der Waals surface area contributed by atoms with Gasteiger partial charge in [0.05, 0.1) is 21.3 Å². The van der Waals surface area contributed by atoms with Crippen LogP contribution < -0.4 is 23.7 Å². The average molecular weight is 492 g/mol. The third-order valence-electron chi connectivity index (χ3n) is 6.48. The van der Waals surface area contributed by atoms with Crippen LogP contribution in [0.2, 0.25) is 0 Å². The molecule has 0 saturated heterocycles. The van der Waals surface area contributed by atoms with Gasteiger partial charge in [-0.05, 0) is 47.9 Å². The van der Waals surface area contributed by atoms with Crippen LogP contribution in [0.25, 0.3) is 0 Å². The number of nitrogens with zero attached hydrogens (tertiary/aromatic N) is 1. The molecule has 1 heterocycles. The van der Waals surface area contributed by atoms with Crippen LogP contribution in [0, 0.1) is 0 Å². The summed E-state index contributed by atoms with van der Waals surface area (Å²) in [5.41, 5.74) is 3.12. The highest BCUT2D eigenvalue weighted by molar-refractivity contribution is 5.75. The number of hydrogen-bond acceptors (Lipinski definition) is 6. The molecular weight excluding hydrogens is 458 g/mol. The Kier molecular flexibility index (Phi) is 8.21. The van der Waals surface area contributed by atoms with E-state index in [0.717, 1.165) is 33.9 Å². The lowest BCUT2D eigenvalue weighted by atomic mass is 9.87. The number of carbonyl (C=O) groups excluding carboxylic acids is 1. The lowest BCUT2D eigenvalue weighted by Crippen LogP contribution is -2.31. The fourth-order valence-corrected chi connectivity index (χ4v) is 4.59. The molecule has 7 heteroatoms. The van der Waals surface area contributed by atoms with E-state index in [-0.39, 0.29) is 18.6 Å². The molecule has 3 aromatic rings. The highest BCUT2D eigenvalue weighted by Gasteiger charge is 2.24. The van der Waals surface area contributed by atoms with E-state index in [4.69, 9.17) is 23.7 Å². The molecule has 4 rings (SSSR count). The first kappa shape index (κ1) is 25.2. The predicted molar refractivity (Wildman–Crippen MR) is 137 cm³/mol. The van der Waals surface area contributed by atoms with Crippen LogP contribution in [0.15, 0.2) is 60.7 Å². The number of ether oxygens (including phenoxy) is 5. The highest BCUT2D eigenvalue weighted by Crippen LogP contribution is 2.40. The Morgan fingerprint density at radius 3 is 2.39 bits per heavy atom. The molecule has 3 aromatic carbocycles. The third-order valence-corrected chi connectivity index (χ3v) is 6.48. The van der Waals surface area contributed by atoms with E-state index in [0.29, 0.717) is 37.4 Å². The van der Waals surface area contributed by atoms with Crippen LogP contribution in [-0.4, -0.2) is 45.5 Å². The number of hydrogen-bond donors (Lipinski definition) is 0. The molecule has 0 saturated carbocycles. The molecule has 190 valence electrons. The second-order valence-corrected chi connectivity index (χ2v) is 8.55. The van der Waals surface area contributed by atoms with Gasteiger partial charge in [0.2, 0.25) is 12.7 Å². The van der Waals surface area contributed by atoms with Crippen LogP contribution in [0.4, 0.5) is 0 Å². The van der Waals surface area contributed by atoms with Crippen molar-refractivity contribution < 1.29 is 28.5 Å². The first-order valence-corrected chi connectivity index (χ1v) is 12.1. The Morgan fingerprint density at radius 1 is 0.889 bits per heavy atom. The minimum Gasteiger partial charge on any atom is -0.496 e. The van der Waals surface area contributed by atoms with E-state index in [1.54, 1.807) is 21.3 Å². The first-order valence-electron chi connectivity index (χ1n) is 12.1. The second kappa shape index (κ2) is 11.7. The maximum atomic E-state index is 13.0. The van der Waals surface area contributed by atoms with E-state index in [2.05, 4.69) is 12.1 Å². The fraction of sp³-hybridized carbons (Fsp3) is 0.345. The summed E-state index contributed by atoms with van der Waals surface area (Å²) in [7, 11) is 4.90. The average Bonchev–Trinajstić information content (AvgIpc) is 3.40. The molecule has 0 radical (unpaired) electrons. The summed E-state index contributed by atoms with van der Waals surface area (Å²) >= 11 is 0. The molecule has 1 aliphatic rings. The third kappa shape index (κ3) is 5.51. The molecule has 0 fully saturated rings. The lowest BCUT2D eigenvalue weighted by molar-refractivity contribution is -0.131. The number of methoxy groups -OCH3 is 3. The molecule has 0 unspecified atom stereocenters. The van der Waals surface area contributed by atoms with Gasteiger partial charge < -0.3 is 28.6 Å². The predicted octanol–water partition coefficient (Wildman–Crippen LogP) is 5.40. The zero-order valence-corrected chi connectivity index (χ0v) is 21.3. The van der Waals surface area contributed by atoms with Crippen molar-refractivity contribution >= 4 is 5.91 Å². The number of amides is 1. The molecule has 0 aromatic heterocycles. The van der Waals surface area contributed by atoms with Gasteiger partial charge in [0, 0.05) is 31.0 Å². The quantitative estimate of drug-likeness (QED) is 0.358. The molecule has 7 nitrogen and oxygen atoms in total. The van der Waals surface area contributed by atoms with Crippen molar-refractivity contribution in [3.63, 3.8) is 0 Å². The van der Waals surface area contributed by atoms with E-state index < -0.39 is 0 Å². The van der Waals surface area contributed by atoms with E-state index >= 15 is 0 Å². The van der Waals surface area contributed by atoms with Gasteiger partial charge in [-0.2, -0.15) is 0 Å². The molecule has 1 atom stereocenters. The number of rotatable bonds is 11. The minimum absolute atomic E-state index is 0.00629. The van der Waals surface area contributed by atoms with Gasteiger partial charge in [-0.3, -0.25) is 4.79 Å². The Morgan fingerprint density at radius 2 is 1.64 bits per heavy atom. The Balaban J connectivity index is 1.62. The van der Waals surface area contributed by atoms with Gasteiger partial charge in [-0.25, -0.2) is 0 Å². The smallest absolute Gasteiger partial charge is 0.231 e. The Labute approximate surface area is 212 Å². The van der Waals surface area contributed by atoms with Crippen LogP contribution in [0.3, 0.4) is 0 Å². The molecule has 36 heavy (non-hydrogen) atoms. The first-order chi connectivity index (χ1) is 17.6. The van der Waals surface area contributed by atoms with Crippen molar-refractivity contribution in [2.75, 3.05) is 34.7 Å². The zero-order chi connectivity index (χ0) is 25.5. The summed E-state index contributed by atoms with van der Waals surface area (Å²) in [5, 5.41) is 0. The van der Waals surface area contributed by atoms with Crippen LogP contribution in [-0.2, 0) is 11.3 Å². The van der Waals surface area contributed by atoms with Gasteiger partial charge in [0.15, 0.2) is 23.0 Å². The summed E-state index contributed by atoms with van der Waals surface area (Å²) in [6.07, 6.45) is 1.13. The van der Waals surface area contributed by atoms with E-state index in [9.17, 15) is 4.79 Å². The summed E-state index contributed by atoms with van der Waals surface area (Å²) in [6, 6.07) is 19.8. The summed E-state index contributed by atoms with van der Waals surface area (Å²) < 4.78 is 27.7. The van der Waals surface area contributed by atoms with Crippen molar-refractivity contribution in [2.24, 2.45) is 0 Å². The van der Waals surface area contributed by atoms with Gasteiger partial charge in [0.1, 0.15) is 5.75 Å². The monoisotopic (exact) mass is 491 g/mol. The topological polar surface area (TPSA) is 66.5 Å². The molecule has 1 aliphatic heterocycles. The Hall–Kier alpha value is -3.87. The molecule has 0 spiro atoms. The summed E-state index contributed by atoms with van der Waals surface area (Å²) in [5.74, 6) is 3.68. The molecule has 0 bridgehead atoms. The lowest BCUT2D eigenvalue weighted by Gasteiger charge is -2.27. The number of carbonyl (C=O) groups is 1. The van der Waals surface area contributed by atoms with Gasteiger partial charge in [-0.1, -0.05) is 37.3 Å². The van der Waals surface area contributed by atoms with E-state index in [1.807, 2.05) is 60.4 Å².